The summed E-state index contributed by atoms with van der Waals surface area (Å²) in [5.41, 5.74) is 14.2. The van der Waals surface area contributed by atoms with E-state index in [0.717, 1.165) is 61.3 Å². The van der Waals surface area contributed by atoms with Crippen LogP contribution in [-0.2, 0) is 0 Å². The molecule has 0 saturated heterocycles. The molecule has 12 rings (SSSR count). The smallest absolute Gasteiger partial charge is 0.143 e. The Morgan fingerprint density at radius 3 is 1.56 bits per heavy atom. The van der Waals surface area contributed by atoms with Crippen LogP contribution in [-0.4, -0.2) is 0 Å². The molecule has 62 heavy (non-hydrogen) atoms. The number of rotatable bonds is 7. The molecule has 0 atom stereocenters. The van der Waals surface area contributed by atoms with Crippen molar-refractivity contribution in [2.24, 2.45) is 0 Å². The average Bonchev–Trinajstić information content (AvgIpc) is 3.71. The molecule has 1 aromatic heterocycles. The Morgan fingerprint density at radius 1 is 0.274 bits per heavy atom. The summed E-state index contributed by atoms with van der Waals surface area (Å²) in [5, 5.41) is 9.62. The summed E-state index contributed by atoms with van der Waals surface area (Å²) in [6, 6.07) is 85.4. The van der Waals surface area contributed by atoms with Gasteiger partial charge in [0.05, 0.1) is 11.4 Å². The third-order valence-corrected chi connectivity index (χ3v) is 12.5. The highest BCUT2D eigenvalue weighted by atomic mass is 16.3. The van der Waals surface area contributed by atoms with Crippen LogP contribution < -0.4 is 4.90 Å². The zero-order valence-corrected chi connectivity index (χ0v) is 33.9. The highest BCUT2D eigenvalue weighted by molar-refractivity contribution is 6.15. The average molecular weight is 790 g/mol. The molecule has 0 amide bonds. The molecule has 0 unspecified atom stereocenters. The lowest BCUT2D eigenvalue weighted by atomic mass is 9.93. The van der Waals surface area contributed by atoms with E-state index in [1.165, 1.54) is 54.6 Å². The maximum atomic E-state index is 6.84. The van der Waals surface area contributed by atoms with Gasteiger partial charge in [-0.15, -0.1) is 0 Å². The zero-order chi connectivity index (χ0) is 41.0. The molecule has 0 aliphatic rings. The van der Waals surface area contributed by atoms with Crippen LogP contribution in [0.15, 0.2) is 241 Å². The third-order valence-electron chi connectivity index (χ3n) is 12.5. The number of para-hydroxylation sites is 3. The molecule has 0 fully saturated rings. The SMILES string of the molecule is c1ccc(-c2ccc(-c3ccccc3N(c3ccc(-c4cc5ccccc5c5ccccc45)cc3)c3ccccc3-c3cccc4c3oc3cc5ccccc5cc34)cc2)cc1. The van der Waals surface area contributed by atoms with Crippen LogP contribution in [0.4, 0.5) is 17.1 Å². The summed E-state index contributed by atoms with van der Waals surface area (Å²) in [6.45, 7) is 0. The molecule has 0 spiro atoms. The van der Waals surface area contributed by atoms with Crippen LogP contribution in [0.5, 0.6) is 0 Å². The molecule has 2 nitrogen and oxygen atoms in total. The van der Waals surface area contributed by atoms with E-state index in [1.54, 1.807) is 0 Å². The van der Waals surface area contributed by atoms with Gasteiger partial charge in [-0.2, -0.15) is 0 Å². The summed E-state index contributed by atoms with van der Waals surface area (Å²) < 4.78 is 6.84. The van der Waals surface area contributed by atoms with Gasteiger partial charge in [-0.05, 0) is 103 Å². The summed E-state index contributed by atoms with van der Waals surface area (Å²) >= 11 is 0. The molecule has 0 radical (unpaired) electrons. The van der Waals surface area contributed by atoms with Gasteiger partial charge in [0.1, 0.15) is 11.2 Å². The molecule has 2 heteroatoms. The van der Waals surface area contributed by atoms with Gasteiger partial charge in [0, 0.05) is 33.2 Å². The second kappa shape index (κ2) is 14.8. The van der Waals surface area contributed by atoms with Crippen LogP contribution in [0, 0.1) is 0 Å². The Kier molecular flexibility index (Phi) is 8.53. The van der Waals surface area contributed by atoms with Crippen molar-refractivity contribution in [3.05, 3.63) is 237 Å². The van der Waals surface area contributed by atoms with Crippen molar-refractivity contribution in [2.45, 2.75) is 0 Å². The maximum absolute atomic E-state index is 6.84. The first-order valence-corrected chi connectivity index (χ1v) is 21.2. The number of nitrogens with zero attached hydrogens (tertiary/aromatic N) is 1. The summed E-state index contributed by atoms with van der Waals surface area (Å²) in [7, 11) is 0. The Bertz CT molecular complexity index is 3620. The van der Waals surface area contributed by atoms with Crippen LogP contribution >= 0.6 is 0 Å². The largest absolute Gasteiger partial charge is 0.455 e. The number of fused-ring (bicyclic) bond motifs is 7. The quantitative estimate of drug-likeness (QED) is 0.150. The van der Waals surface area contributed by atoms with Gasteiger partial charge in [-0.3, -0.25) is 0 Å². The minimum absolute atomic E-state index is 0.883. The van der Waals surface area contributed by atoms with Gasteiger partial charge < -0.3 is 9.32 Å². The second-order valence-electron chi connectivity index (χ2n) is 16.0. The molecule has 0 saturated carbocycles. The lowest BCUT2D eigenvalue weighted by Gasteiger charge is -2.30. The predicted molar refractivity (Wildman–Crippen MR) is 263 cm³/mol. The molecule has 290 valence electrons. The fourth-order valence-corrected chi connectivity index (χ4v) is 9.47. The summed E-state index contributed by atoms with van der Waals surface area (Å²) in [6.07, 6.45) is 0. The van der Waals surface area contributed by atoms with Gasteiger partial charge in [0.25, 0.3) is 0 Å². The van der Waals surface area contributed by atoms with Crippen LogP contribution in [0.1, 0.15) is 0 Å². The molecule has 1 heterocycles. The molecular formula is C60H39NO. The molecule has 0 aliphatic heterocycles. The second-order valence-corrected chi connectivity index (χ2v) is 16.0. The Hall–Kier alpha value is -8.20. The van der Waals surface area contributed by atoms with Gasteiger partial charge in [-0.25, -0.2) is 0 Å². The lowest BCUT2D eigenvalue weighted by Crippen LogP contribution is -2.12. The highest BCUT2D eigenvalue weighted by Crippen LogP contribution is 2.47. The third kappa shape index (κ3) is 6.04. The molecule has 0 bridgehead atoms. The minimum Gasteiger partial charge on any atom is -0.455 e. The Morgan fingerprint density at radius 2 is 0.790 bits per heavy atom. The molecule has 11 aromatic carbocycles. The van der Waals surface area contributed by atoms with Crippen molar-refractivity contribution in [3.8, 4) is 44.5 Å². The highest BCUT2D eigenvalue weighted by Gasteiger charge is 2.23. The van der Waals surface area contributed by atoms with E-state index in [4.69, 9.17) is 4.42 Å². The van der Waals surface area contributed by atoms with E-state index in [9.17, 15) is 0 Å². The van der Waals surface area contributed by atoms with Crippen LogP contribution in [0.25, 0.3) is 98.8 Å². The van der Waals surface area contributed by atoms with E-state index < -0.39 is 0 Å². The fourth-order valence-electron chi connectivity index (χ4n) is 9.47. The zero-order valence-electron chi connectivity index (χ0n) is 33.9. The summed E-state index contributed by atoms with van der Waals surface area (Å²) in [5.74, 6) is 0. The van der Waals surface area contributed by atoms with Crippen molar-refractivity contribution >= 4 is 71.3 Å². The first-order valence-electron chi connectivity index (χ1n) is 21.2. The van der Waals surface area contributed by atoms with E-state index >= 15 is 0 Å². The predicted octanol–water partition coefficient (Wildman–Crippen LogP) is 17.2. The number of benzene rings is 11. The van der Waals surface area contributed by atoms with E-state index in [1.807, 2.05) is 0 Å². The van der Waals surface area contributed by atoms with Crippen molar-refractivity contribution in [3.63, 3.8) is 0 Å². The molecule has 0 aliphatic carbocycles. The Balaban J connectivity index is 1.05. The summed E-state index contributed by atoms with van der Waals surface area (Å²) in [4.78, 5) is 2.42. The number of hydrogen-bond donors (Lipinski definition) is 0. The van der Waals surface area contributed by atoms with E-state index in [-0.39, 0.29) is 0 Å². The standard InChI is InChI=1S/C60H39NO/c1-2-15-40(16-3-1)41-29-31-42(32-30-41)49-21-10-12-27-57(49)61(47-35-33-43(34-36-47)55-38-46-19-6-7-20-48(46)50-22-8-9-23-51(50)55)58-28-13-11-24-52(58)53-25-14-26-54-56-37-44-17-4-5-18-45(44)39-59(56)62-60(53)54/h1-39H. The van der Waals surface area contributed by atoms with Crippen molar-refractivity contribution < 1.29 is 4.42 Å². The fraction of sp³-hybridized carbons (Fsp3) is 0. The monoisotopic (exact) mass is 789 g/mol. The molecule has 0 N–H and O–H groups in total. The van der Waals surface area contributed by atoms with Gasteiger partial charge in [-0.1, -0.05) is 194 Å². The van der Waals surface area contributed by atoms with Gasteiger partial charge in [0.15, 0.2) is 0 Å². The van der Waals surface area contributed by atoms with Crippen molar-refractivity contribution in [1.29, 1.82) is 0 Å². The molecular weight excluding hydrogens is 751 g/mol. The maximum Gasteiger partial charge on any atom is 0.143 e. The number of anilines is 3. The van der Waals surface area contributed by atoms with Crippen molar-refractivity contribution in [2.75, 3.05) is 4.90 Å². The van der Waals surface area contributed by atoms with Crippen molar-refractivity contribution in [1.82, 2.24) is 0 Å². The van der Waals surface area contributed by atoms with Crippen LogP contribution in [0.2, 0.25) is 0 Å². The normalized spacial score (nSPS) is 11.5. The number of furan rings is 1. The first-order chi connectivity index (χ1) is 30.7. The minimum atomic E-state index is 0.883. The number of hydrogen-bond acceptors (Lipinski definition) is 2. The van der Waals surface area contributed by atoms with E-state index in [0.29, 0.717) is 0 Å². The van der Waals surface area contributed by atoms with E-state index in [2.05, 4.69) is 241 Å². The lowest BCUT2D eigenvalue weighted by molar-refractivity contribution is 0.670. The van der Waals surface area contributed by atoms with Crippen LogP contribution in [0.3, 0.4) is 0 Å². The van der Waals surface area contributed by atoms with Gasteiger partial charge >= 0.3 is 0 Å². The van der Waals surface area contributed by atoms with Gasteiger partial charge in [0.2, 0.25) is 0 Å². The topological polar surface area (TPSA) is 16.4 Å². The Labute approximate surface area is 360 Å². The molecule has 12 aromatic rings. The first kappa shape index (κ1) is 35.7.